The molecule has 2 rings (SSSR count). The van der Waals surface area contributed by atoms with E-state index in [0.717, 1.165) is 10.6 Å². The zero-order valence-corrected chi connectivity index (χ0v) is 7.54. The summed E-state index contributed by atoms with van der Waals surface area (Å²) >= 11 is 1.51. The molecule has 0 amide bonds. The highest BCUT2D eigenvalue weighted by Crippen LogP contribution is 2.29. The summed E-state index contributed by atoms with van der Waals surface area (Å²) in [5, 5.41) is 10.7. The van der Waals surface area contributed by atoms with E-state index in [-0.39, 0.29) is 0 Å². The maximum absolute atomic E-state index is 10.7. The molecule has 1 aromatic rings. The molecule has 0 saturated heterocycles. The molecule has 0 spiro atoms. The average molecular weight is 193 g/mol. The number of carboxylic acid groups (broad SMARTS) is 1. The van der Waals surface area contributed by atoms with Gasteiger partial charge in [0.05, 0.1) is 10.6 Å². The molecule has 13 heavy (non-hydrogen) atoms. The second-order valence-electron chi connectivity index (χ2n) is 2.66. The van der Waals surface area contributed by atoms with Gasteiger partial charge in [-0.1, -0.05) is 0 Å². The first-order chi connectivity index (χ1) is 6.27. The molecule has 1 aromatic heterocycles. The number of thiophene rings is 1. The van der Waals surface area contributed by atoms with Gasteiger partial charge in [-0.3, -0.25) is 4.99 Å². The van der Waals surface area contributed by atoms with Crippen molar-refractivity contribution in [2.24, 2.45) is 4.99 Å². The highest BCUT2D eigenvalue weighted by Gasteiger charge is 2.11. The van der Waals surface area contributed by atoms with Gasteiger partial charge in [0.1, 0.15) is 0 Å². The molecule has 1 aliphatic heterocycles. The third kappa shape index (κ3) is 1.53. The molecule has 3 nitrogen and oxygen atoms in total. The molecule has 2 heterocycles. The van der Waals surface area contributed by atoms with Gasteiger partial charge in [0.15, 0.2) is 0 Å². The topological polar surface area (TPSA) is 49.7 Å². The van der Waals surface area contributed by atoms with Crippen LogP contribution in [0.25, 0.3) is 6.08 Å². The second-order valence-corrected chi connectivity index (χ2v) is 3.61. The van der Waals surface area contributed by atoms with E-state index >= 15 is 0 Å². The van der Waals surface area contributed by atoms with Crippen LogP contribution in [0.4, 0.5) is 5.69 Å². The van der Waals surface area contributed by atoms with Gasteiger partial charge in [0.25, 0.3) is 0 Å². The summed E-state index contributed by atoms with van der Waals surface area (Å²) in [7, 11) is 0. The van der Waals surface area contributed by atoms with Crippen molar-refractivity contribution in [3.8, 4) is 0 Å². The van der Waals surface area contributed by atoms with Crippen LogP contribution in [0, 0.1) is 0 Å². The van der Waals surface area contributed by atoms with Crippen LogP contribution in [0.5, 0.6) is 0 Å². The fourth-order valence-corrected chi connectivity index (χ4v) is 1.93. The van der Waals surface area contributed by atoms with Gasteiger partial charge in [-0.15, -0.1) is 11.3 Å². The molecule has 0 saturated carbocycles. The van der Waals surface area contributed by atoms with Crippen LogP contribution >= 0.6 is 11.3 Å². The van der Waals surface area contributed by atoms with Crippen molar-refractivity contribution in [2.45, 2.75) is 6.42 Å². The van der Waals surface area contributed by atoms with E-state index in [1.54, 1.807) is 12.3 Å². The molecule has 4 heteroatoms. The zero-order chi connectivity index (χ0) is 9.26. The van der Waals surface area contributed by atoms with Gasteiger partial charge in [-0.05, 0) is 17.5 Å². The summed E-state index contributed by atoms with van der Waals surface area (Å²) in [4.78, 5) is 15.8. The number of aliphatic imine (C=N–C) groups is 1. The third-order valence-electron chi connectivity index (χ3n) is 1.79. The van der Waals surface area contributed by atoms with E-state index in [2.05, 4.69) is 4.99 Å². The molecule has 0 fully saturated rings. The number of carbonyl (C=O) groups is 1. The summed E-state index contributed by atoms with van der Waals surface area (Å²) < 4.78 is 0. The molecule has 0 aromatic carbocycles. The first-order valence-electron chi connectivity index (χ1n) is 3.81. The first kappa shape index (κ1) is 8.19. The van der Waals surface area contributed by atoms with Crippen molar-refractivity contribution in [2.75, 3.05) is 0 Å². The van der Waals surface area contributed by atoms with E-state index < -0.39 is 5.97 Å². The Morgan fingerprint density at radius 1 is 1.62 bits per heavy atom. The molecule has 66 valence electrons. The molecule has 0 atom stereocenters. The van der Waals surface area contributed by atoms with Crippen molar-refractivity contribution >= 4 is 35.3 Å². The Labute approximate surface area is 79.1 Å². The van der Waals surface area contributed by atoms with Crippen molar-refractivity contribution in [1.82, 2.24) is 0 Å². The van der Waals surface area contributed by atoms with E-state index in [0.29, 0.717) is 12.0 Å². The van der Waals surface area contributed by atoms with Crippen LogP contribution in [0.1, 0.15) is 11.3 Å². The van der Waals surface area contributed by atoms with Gasteiger partial charge >= 0.3 is 5.97 Å². The van der Waals surface area contributed by atoms with Crippen molar-refractivity contribution in [3.63, 3.8) is 0 Å². The fraction of sp³-hybridized carbons (Fsp3) is 0.111. The number of aliphatic carboxylic acids is 1. The molecule has 0 bridgehead atoms. The number of fused-ring (bicyclic) bond motifs is 1. The average Bonchev–Trinajstić information content (AvgIpc) is 2.42. The number of hydrogen-bond acceptors (Lipinski definition) is 3. The maximum atomic E-state index is 10.7. The summed E-state index contributed by atoms with van der Waals surface area (Å²) in [6, 6.07) is 1.89. The highest BCUT2D eigenvalue weighted by molar-refractivity contribution is 7.11. The summed E-state index contributed by atoms with van der Waals surface area (Å²) in [6.45, 7) is 0. The van der Waals surface area contributed by atoms with Crippen LogP contribution < -0.4 is 0 Å². The van der Waals surface area contributed by atoms with E-state index in [9.17, 15) is 4.79 Å². The molecular formula is C9H7NO2S. The van der Waals surface area contributed by atoms with Crippen molar-refractivity contribution < 1.29 is 9.90 Å². The van der Waals surface area contributed by atoms with Crippen molar-refractivity contribution in [1.29, 1.82) is 0 Å². The minimum Gasteiger partial charge on any atom is -0.478 e. The molecular weight excluding hydrogens is 186 g/mol. The lowest BCUT2D eigenvalue weighted by Gasteiger charge is -1.93. The summed E-state index contributed by atoms with van der Waals surface area (Å²) in [5.41, 5.74) is 1.26. The lowest BCUT2D eigenvalue weighted by Crippen LogP contribution is -1.99. The molecule has 0 aliphatic carbocycles. The number of nitrogens with zero attached hydrogens (tertiary/aromatic N) is 1. The Morgan fingerprint density at radius 2 is 2.46 bits per heavy atom. The lowest BCUT2D eigenvalue weighted by molar-refractivity contribution is -0.132. The maximum Gasteiger partial charge on any atom is 0.331 e. The lowest BCUT2D eigenvalue weighted by atomic mass is 10.2. The number of carboxylic acids is 1. The van der Waals surface area contributed by atoms with Gasteiger partial charge in [-0.25, -0.2) is 4.79 Å². The molecule has 1 N–H and O–H groups in total. The molecule has 0 unspecified atom stereocenters. The fourth-order valence-electron chi connectivity index (χ4n) is 1.14. The van der Waals surface area contributed by atoms with Gasteiger partial charge < -0.3 is 5.11 Å². The van der Waals surface area contributed by atoms with Crippen molar-refractivity contribution in [3.05, 3.63) is 21.9 Å². The van der Waals surface area contributed by atoms with E-state index in [4.69, 9.17) is 5.11 Å². The van der Waals surface area contributed by atoms with Crippen LogP contribution in [0.15, 0.2) is 22.0 Å². The highest BCUT2D eigenvalue weighted by atomic mass is 32.1. The minimum atomic E-state index is -0.868. The quantitative estimate of drug-likeness (QED) is 0.744. The Morgan fingerprint density at radius 3 is 3.23 bits per heavy atom. The minimum absolute atomic E-state index is 0.393. The second kappa shape index (κ2) is 3.14. The smallest absolute Gasteiger partial charge is 0.331 e. The first-order valence-corrected chi connectivity index (χ1v) is 4.69. The van der Waals surface area contributed by atoms with Crippen LogP contribution in [0.3, 0.4) is 0 Å². The van der Waals surface area contributed by atoms with E-state index in [1.165, 1.54) is 11.3 Å². The SMILES string of the molecule is O=C(O)C1=Cc2sccc2N=CC1. The van der Waals surface area contributed by atoms with Gasteiger partial charge in [0, 0.05) is 18.2 Å². The Kier molecular flexibility index (Phi) is 1.98. The van der Waals surface area contributed by atoms with Gasteiger partial charge in [-0.2, -0.15) is 0 Å². The third-order valence-corrected chi connectivity index (χ3v) is 2.65. The molecule has 1 aliphatic rings. The van der Waals surface area contributed by atoms with E-state index in [1.807, 2.05) is 11.4 Å². The standard InChI is InChI=1S/C9H7NO2S/c11-9(12)6-1-3-10-7-2-4-13-8(7)5-6/h2-5H,1H2,(H,11,12). The van der Waals surface area contributed by atoms with Crippen LogP contribution in [-0.4, -0.2) is 17.3 Å². The Balaban J connectivity index is 2.48. The zero-order valence-electron chi connectivity index (χ0n) is 6.73. The molecule has 0 radical (unpaired) electrons. The number of rotatable bonds is 1. The van der Waals surface area contributed by atoms with Crippen LogP contribution in [0.2, 0.25) is 0 Å². The normalized spacial score (nSPS) is 14.6. The monoisotopic (exact) mass is 193 g/mol. The predicted octanol–water partition coefficient (Wildman–Crippen LogP) is 2.32. The van der Waals surface area contributed by atoms with Gasteiger partial charge in [0.2, 0.25) is 0 Å². The summed E-state index contributed by atoms with van der Waals surface area (Å²) in [6.07, 6.45) is 3.73. The predicted molar refractivity (Wildman–Crippen MR) is 52.7 cm³/mol. The largest absolute Gasteiger partial charge is 0.478 e. The van der Waals surface area contributed by atoms with Crippen LogP contribution in [-0.2, 0) is 4.79 Å². The Hall–Kier alpha value is -1.42. The summed E-state index contributed by atoms with van der Waals surface area (Å²) in [5.74, 6) is -0.868. The Bertz CT molecular complexity index is 404. The number of hydrogen-bond donors (Lipinski definition) is 1.